The van der Waals surface area contributed by atoms with Crippen molar-refractivity contribution in [3.63, 3.8) is 0 Å². The molecule has 1 aliphatic rings. The van der Waals surface area contributed by atoms with E-state index in [4.69, 9.17) is 5.73 Å². The summed E-state index contributed by atoms with van der Waals surface area (Å²) in [6.45, 7) is 2.05. The van der Waals surface area contributed by atoms with Gasteiger partial charge in [-0.05, 0) is 43.5 Å². The molecule has 88 valence electrons. The van der Waals surface area contributed by atoms with Gasteiger partial charge in [-0.2, -0.15) is 0 Å². The van der Waals surface area contributed by atoms with Gasteiger partial charge in [0, 0.05) is 5.56 Å². The van der Waals surface area contributed by atoms with Gasteiger partial charge < -0.3 is 11.1 Å². The van der Waals surface area contributed by atoms with Crippen molar-refractivity contribution in [2.45, 2.75) is 18.8 Å². The van der Waals surface area contributed by atoms with Crippen molar-refractivity contribution >= 4 is 18.3 Å². The molecule has 3 nitrogen and oxygen atoms in total. The molecule has 3 N–H and O–H groups in total. The largest absolute Gasteiger partial charge is 0.366 e. The second-order valence-corrected chi connectivity index (χ2v) is 3.98. The summed E-state index contributed by atoms with van der Waals surface area (Å²) in [5, 5.41) is 3.32. The first kappa shape index (κ1) is 13.0. The predicted molar refractivity (Wildman–Crippen MR) is 67.1 cm³/mol. The number of hydrogen-bond acceptors (Lipinski definition) is 2. The van der Waals surface area contributed by atoms with Gasteiger partial charge in [-0.3, -0.25) is 4.79 Å². The van der Waals surface area contributed by atoms with E-state index < -0.39 is 0 Å². The number of halogens is 1. The van der Waals surface area contributed by atoms with E-state index in [0.717, 1.165) is 31.5 Å². The van der Waals surface area contributed by atoms with Crippen molar-refractivity contribution in [3.05, 3.63) is 35.4 Å². The maximum Gasteiger partial charge on any atom is 0.248 e. The van der Waals surface area contributed by atoms with Gasteiger partial charge in [0.15, 0.2) is 0 Å². The van der Waals surface area contributed by atoms with Gasteiger partial charge in [-0.25, -0.2) is 0 Å². The fourth-order valence-corrected chi connectivity index (χ4v) is 2.21. The van der Waals surface area contributed by atoms with Crippen LogP contribution < -0.4 is 11.1 Å². The van der Waals surface area contributed by atoms with Crippen molar-refractivity contribution < 1.29 is 4.79 Å². The molecule has 0 aromatic heterocycles. The van der Waals surface area contributed by atoms with Crippen LogP contribution in [0.15, 0.2) is 24.3 Å². The van der Waals surface area contributed by atoms with Crippen molar-refractivity contribution in [3.8, 4) is 0 Å². The molecule has 1 aliphatic heterocycles. The van der Waals surface area contributed by atoms with Crippen LogP contribution >= 0.6 is 12.4 Å². The fourth-order valence-electron chi connectivity index (χ4n) is 2.21. The van der Waals surface area contributed by atoms with E-state index in [1.165, 1.54) is 0 Å². The Labute approximate surface area is 102 Å². The quantitative estimate of drug-likeness (QED) is 0.827. The third-order valence-electron chi connectivity index (χ3n) is 3.01. The van der Waals surface area contributed by atoms with Crippen molar-refractivity contribution in [2.24, 2.45) is 5.73 Å². The second kappa shape index (κ2) is 5.87. The Morgan fingerprint density at radius 1 is 1.25 bits per heavy atom. The highest BCUT2D eigenvalue weighted by Gasteiger charge is 2.19. The third kappa shape index (κ3) is 2.74. The van der Waals surface area contributed by atoms with Gasteiger partial charge >= 0.3 is 0 Å². The predicted octanol–water partition coefficient (Wildman–Crippen LogP) is 1.67. The Hall–Kier alpha value is -1.06. The number of rotatable bonds is 2. The van der Waals surface area contributed by atoms with Crippen LogP contribution in [0.3, 0.4) is 0 Å². The molecule has 0 spiro atoms. The number of carbonyl (C=O) groups excluding carboxylic acids is 1. The van der Waals surface area contributed by atoms with Crippen LogP contribution in [-0.4, -0.2) is 19.0 Å². The van der Waals surface area contributed by atoms with Crippen molar-refractivity contribution in [1.29, 1.82) is 0 Å². The highest BCUT2D eigenvalue weighted by atomic mass is 35.5. The van der Waals surface area contributed by atoms with Gasteiger partial charge in [0.1, 0.15) is 0 Å². The van der Waals surface area contributed by atoms with Crippen LogP contribution in [0.25, 0.3) is 0 Å². The molecule has 2 rings (SSSR count). The Kier molecular flexibility index (Phi) is 4.77. The lowest BCUT2D eigenvalue weighted by molar-refractivity contribution is 0.0998. The smallest absolute Gasteiger partial charge is 0.248 e. The molecule has 0 unspecified atom stereocenters. The molecule has 16 heavy (non-hydrogen) atoms. The lowest BCUT2D eigenvalue weighted by atomic mass is 9.87. The van der Waals surface area contributed by atoms with Crippen LogP contribution in [0.5, 0.6) is 0 Å². The molecular weight excluding hydrogens is 224 g/mol. The molecule has 0 bridgehead atoms. The summed E-state index contributed by atoms with van der Waals surface area (Å²) in [6.07, 6.45) is 2.18. The number of nitrogens with two attached hydrogens (primary N) is 1. The maximum atomic E-state index is 11.3. The minimum Gasteiger partial charge on any atom is -0.366 e. The van der Waals surface area contributed by atoms with Crippen molar-refractivity contribution in [2.75, 3.05) is 13.1 Å². The van der Waals surface area contributed by atoms with Gasteiger partial charge in [0.25, 0.3) is 0 Å². The first-order valence-corrected chi connectivity index (χ1v) is 5.38. The summed E-state index contributed by atoms with van der Waals surface area (Å²) in [6, 6.07) is 7.68. The van der Waals surface area contributed by atoms with E-state index in [1.54, 1.807) is 0 Å². The van der Waals surface area contributed by atoms with E-state index in [0.29, 0.717) is 11.5 Å². The van der Waals surface area contributed by atoms with Gasteiger partial charge in [0.2, 0.25) is 5.91 Å². The Bertz CT molecular complexity index is 362. The number of nitrogens with one attached hydrogen (secondary N) is 1. The first-order valence-electron chi connectivity index (χ1n) is 5.38. The minimum absolute atomic E-state index is 0. The average molecular weight is 241 g/mol. The Balaban J connectivity index is 0.00000128. The number of carbonyl (C=O) groups is 1. The number of primary amides is 1. The number of hydrogen-bond donors (Lipinski definition) is 2. The molecule has 0 atom stereocenters. The molecule has 1 aromatic rings. The molecular formula is C12H17ClN2O. The molecule has 1 saturated heterocycles. The number of amides is 1. The fraction of sp³-hybridized carbons (Fsp3) is 0.417. The van der Waals surface area contributed by atoms with Crippen molar-refractivity contribution in [1.82, 2.24) is 5.32 Å². The summed E-state index contributed by atoms with van der Waals surface area (Å²) < 4.78 is 0. The normalized spacial score (nSPS) is 16.5. The summed E-state index contributed by atoms with van der Waals surface area (Å²) in [5.41, 5.74) is 7.17. The van der Waals surface area contributed by atoms with E-state index in [-0.39, 0.29) is 18.3 Å². The molecule has 1 amide bonds. The first-order chi connectivity index (χ1) is 7.29. The van der Waals surface area contributed by atoms with Crippen LogP contribution in [0.2, 0.25) is 0 Å². The monoisotopic (exact) mass is 240 g/mol. The highest BCUT2D eigenvalue weighted by Crippen LogP contribution is 2.27. The van der Waals surface area contributed by atoms with E-state index in [9.17, 15) is 4.79 Å². The molecule has 1 aromatic carbocycles. The zero-order valence-corrected chi connectivity index (χ0v) is 9.93. The topological polar surface area (TPSA) is 55.1 Å². The minimum atomic E-state index is -0.316. The lowest BCUT2D eigenvalue weighted by Gasteiger charge is -2.24. The van der Waals surface area contributed by atoms with Gasteiger partial charge in [0.05, 0.1) is 0 Å². The molecule has 1 heterocycles. The zero-order chi connectivity index (χ0) is 10.7. The SMILES string of the molecule is Cl.NC(=O)c1ccccc1C1CCNCC1. The highest BCUT2D eigenvalue weighted by molar-refractivity contribution is 5.94. The van der Waals surface area contributed by atoms with Crippen LogP contribution in [0.4, 0.5) is 0 Å². The summed E-state index contributed by atoms with van der Waals surface area (Å²) in [4.78, 5) is 11.3. The number of benzene rings is 1. The maximum absolute atomic E-state index is 11.3. The molecule has 0 aliphatic carbocycles. The lowest BCUT2D eigenvalue weighted by Crippen LogP contribution is -2.28. The van der Waals surface area contributed by atoms with Gasteiger partial charge in [-0.15, -0.1) is 12.4 Å². The van der Waals surface area contributed by atoms with Gasteiger partial charge in [-0.1, -0.05) is 18.2 Å². The molecule has 1 fully saturated rings. The second-order valence-electron chi connectivity index (χ2n) is 3.98. The third-order valence-corrected chi connectivity index (χ3v) is 3.01. The van der Waals surface area contributed by atoms with E-state index in [2.05, 4.69) is 5.32 Å². The molecule has 4 heteroatoms. The zero-order valence-electron chi connectivity index (χ0n) is 9.11. The van der Waals surface area contributed by atoms with E-state index in [1.807, 2.05) is 24.3 Å². The van der Waals surface area contributed by atoms with Crippen LogP contribution in [0.1, 0.15) is 34.7 Å². The Morgan fingerprint density at radius 2 is 1.88 bits per heavy atom. The standard InChI is InChI=1S/C12H16N2O.ClH/c13-12(15)11-4-2-1-3-10(11)9-5-7-14-8-6-9;/h1-4,9,14H,5-8H2,(H2,13,15);1H. The Morgan fingerprint density at radius 3 is 2.50 bits per heavy atom. The van der Waals surface area contributed by atoms with Crippen LogP contribution in [0, 0.1) is 0 Å². The summed E-state index contributed by atoms with van der Waals surface area (Å²) in [7, 11) is 0. The molecule has 0 radical (unpaired) electrons. The summed E-state index contributed by atoms with van der Waals surface area (Å²) in [5.74, 6) is 0.166. The van der Waals surface area contributed by atoms with E-state index >= 15 is 0 Å². The average Bonchev–Trinajstić information content (AvgIpc) is 2.30. The van der Waals surface area contributed by atoms with Crippen LogP contribution in [-0.2, 0) is 0 Å². The summed E-state index contributed by atoms with van der Waals surface area (Å²) >= 11 is 0. The molecule has 0 saturated carbocycles. The number of piperidine rings is 1.